The van der Waals surface area contributed by atoms with Crippen molar-refractivity contribution in [2.24, 2.45) is 0 Å². The normalized spacial score (nSPS) is 11.3. The fraction of sp³-hybridized carbons (Fsp3) is 0.280. The van der Waals surface area contributed by atoms with Crippen molar-refractivity contribution in [2.45, 2.75) is 46.8 Å². The SMILES string of the molecule is Cc1cc(C(=O)OC(C)(C)C)c(C)n1-c1ccc(C(=O)OCc2ccccc2)c(O)c1. The number of carbonyl (C=O) groups excluding carboxylic acids is 2. The number of aromatic nitrogens is 1. The van der Waals surface area contributed by atoms with E-state index in [4.69, 9.17) is 9.47 Å². The Morgan fingerprint density at radius 1 is 0.935 bits per heavy atom. The molecule has 0 unspecified atom stereocenters. The number of rotatable bonds is 5. The average molecular weight is 421 g/mol. The van der Waals surface area contributed by atoms with Crippen molar-refractivity contribution in [3.05, 3.63) is 82.7 Å². The molecule has 6 heteroatoms. The molecule has 0 aliphatic carbocycles. The lowest BCUT2D eigenvalue weighted by Crippen LogP contribution is -2.24. The van der Waals surface area contributed by atoms with Gasteiger partial charge < -0.3 is 19.1 Å². The third kappa shape index (κ3) is 5.15. The lowest BCUT2D eigenvalue weighted by atomic mass is 10.1. The third-order valence-corrected chi connectivity index (χ3v) is 4.72. The topological polar surface area (TPSA) is 77.8 Å². The van der Waals surface area contributed by atoms with Crippen LogP contribution in [0.1, 0.15) is 58.4 Å². The summed E-state index contributed by atoms with van der Waals surface area (Å²) in [4.78, 5) is 24.9. The van der Waals surface area contributed by atoms with Crippen molar-refractivity contribution < 1.29 is 24.2 Å². The first-order chi connectivity index (χ1) is 14.6. The summed E-state index contributed by atoms with van der Waals surface area (Å²) < 4.78 is 12.6. The van der Waals surface area contributed by atoms with E-state index in [1.807, 2.05) is 69.5 Å². The number of hydrogen-bond acceptors (Lipinski definition) is 5. The molecule has 0 aliphatic rings. The number of ether oxygens (including phenoxy) is 2. The molecule has 1 heterocycles. The van der Waals surface area contributed by atoms with E-state index < -0.39 is 17.5 Å². The zero-order chi connectivity index (χ0) is 22.8. The first-order valence-corrected chi connectivity index (χ1v) is 10.0. The molecule has 0 aliphatic heterocycles. The van der Waals surface area contributed by atoms with Crippen LogP contribution in [0.4, 0.5) is 0 Å². The van der Waals surface area contributed by atoms with Crippen molar-refractivity contribution in [1.29, 1.82) is 0 Å². The van der Waals surface area contributed by atoms with E-state index >= 15 is 0 Å². The Balaban J connectivity index is 1.83. The van der Waals surface area contributed by atoms with Crippen LogP contribution >= 0.6 is 0 Å². The summed E-state index contributed by atoms with van der Waals surface area (Å²) in [5.41, 5.74) is 2.91. The number of benzene rings is 2. The molecule has 2 aromatic carbocycles. The van der Waals surface area contributed by atoms with Crippen molar-refractivity contribution in [1.82, 2.24) is 4.57 Å². The van der Waals surface area contributed by atoms with Gasteiger partial charge in [-0.2, -0.15) is 0 Å². The van der Waals surface area contributed by atoms with Crippen LogP contribution in [0.5, 0.6) is 5.75 Å². The largest absolute Gasteiger partial charge is 0.507 e. The minimum Gasteiger partial charge on any atom is -0.507 e. The van der Waals surface area contributed by atoms with Gasteiger partial charge in [-0.1, -0.05) is 30.3 Å². The Kier molecular flexibility index (Phi) is 6.20. The van der Waals surface area contributed by atoms with Gasteiger partial charge in [0.2, 0.25) is 0 Å². The van der Waals surface area contributed by atoms with Crippen molar-refractivity contribution in [3.8, 4) is 11.4 Å². The summed E-state index contributed by atoms with van der Waals surface area (Å²) in [5.74, 6) is -1.21. The van der Waals surface area contributed by atoms with Gasteiger partial charge in [0.25, 0.3) is 0 Å². The van der Waals surface area contributed by atoms with Gasteiger partial charge in [0, 0.05) is 23.1 Å². The quantitative estimate of drug-likeness (QED) is 0.579. The molecule has 0 spiro atoms. The van der Waals surface area contributed by atoms with Gasteiger partial charge in [0.15, 0.2) is 0 Å². The monoisotopic (exact) mass is 421 g/mol. The van der Waals surface area contributed by atoms with Crippen LogP contribution in [0.15, 0.2) is 54.6 Å². The number of phenolic OH excluding ortho intramolecular Hbond substituents is 1. The van der Waals surface area contributed by atoms with Crippen LogP contribution < -0.4 is 0 Å². The molecule has 0 atom stereocenters. The average Bonchev–Trinajstić information content (AvgIpc) is 3.00. The summed E-state index contributed by atoms with van der Waals surface area (Å²) in [6, 6.07) is 15.8. The predicted octanol–water partition coefficient (Wildman–Crippen LogP) is 5.11. The number of esters is 2. The minimum absolute atomic E-state index is 0.0782. The first kappa shape index (κ1) is 22.2. The second-order valence-electron chi connectivity index (χ2n) is 8.39. The van der Waals surface area contributed by atoms with E-state index in [1.165, 1.54) is 12.1 Å². The maximum atomic E-state index is 12.5. The molecule has 3 aromatic rings. The highest BCUT2D eigenvalue weighted by molar-refractivity contribution is 5.93. The van der Waals surface area contributed by atoms with E-state index in [1.54, 1.807) is 12.1 Å². The predicted molar refractivity (Wildman–Crippen MR) is 118 cm³/mol. The fourth-order valence-corrected chi connectivity index (χ4v) is 3.33. The lowest BCUT2D eigenvalue weighted by molar-refractivity contribution is 0.00685. The zero-order valence-corrected chi connectivity index (χ0v) is 18.4. The molecule has 6 nitrogen and oxygen atoms in total. The first-order valence-electron chi connectivity index (χ1n) is 10.0. The molecule has 31 heavy (non-hydrogen) atoms. The molecule has 0 saturated carbocycles. The Morgan fingerprint density at radius 2 is 1.61 bits per heavy atom. The highest BCUT2D eigenvalue weighted by Gasteiger charge is 2.23. The Morgan fingerprint density at radius 3 is 2.23 bits per heavy atom. The number of hydrogen-bond donors (Lipinski definition) is 1. The summed E-state index contributed by atoms with van der Waals surface area (Å²) in [6.07, 6.45) is 0. The summed E-state index contributed by atoms with van der Waals surface area (Å²) >= 11 is 0. The summed E-state index contributed by atoms with van der Waals surface area (Å²) in [7, 11) is 0. The van der Waals surface area contributed by atoms with Crippen molar-refractivity contribution >= 4 is 11.9 Å². The van der Waals surface area contributed by atoms with Crippen LogP contribution in [-0.2, 0) is 16.1 Å². The number of nitrogens with zero attached hydrogens (tertiary/aromatic N) is 1. The number of phenols is 1. The van der Waals surface area contributed by atoms with Gasteiger partial charge in [-0.3, -0.25) is 0 Å². The second kappa shape index (κ2) is 8.68. The van der Waals surface area contributed by atoms with Gasteiger partial charge >= 0.3 is 11.9 Å². The zero-order valence-electron chi connectivity index (χ0n) is 18.4. The van der Waals surface area contributed by atoms with Gasteiger partial charge in [0.05, 0.1) is 5.56 Å². The molecule has 0 radical (unpaired) electrons. The van der Waals surface area contributed by atoms with Gasteiger partial charge in [-0.25, -0.2) is 9.59 Å². The number of aromatic hydroxyl groups is 1. The molecule has 162 valence electrons. The Hall–Kier alpha value is -3.54. The van der Waals surface area contributed by atoms with Crippen LogP contribution in [-0.4, -0.2) is 27.2 Å². The van der Waals surface area contributed by atoms with Crippen molar-refractivity contribution in [3.63, 3.8) is 0 Å². The van der Waals surface area contributed by atoms with Crippen LogP contribution in [0.2, 0.25) is 0 Å². The molecule has 1 aromatic heterocycles. The van der Waals surface area contributed by atoms with Crippen molar-refractivity contribution in [2.75, 3.05) is 0 Å². The maximum Gasteiger partial charge on any atom is 0.342 e. The fourth-order valence-electron chi connectivity index (χ4n) is 3.33. The van der Waals surface area contributed by atoms with E-state index in [0.717, 1.165) is 11.3 Å². The molecule has 0 bridgehead atoms. The molecule has 0 saturated heterocycles. The van der Waals surface area contributed by atoms with E-state index in [0.29, 0.717) is 16.9 Å². The summed E-state index contributed by atoms with van der Waals surface area (Å²) in [5, 5.41) is 10.5. The van der Waals surface area contributed by atoms with E-state index in [-0.39, 0.29) is 17.9 Å². The van der Waals surface area contributed by atoms with Gasteiger partial charge in [-0.05, 0) is 58.4 Å². The third-order valence-electron chi connectivity index (χ3n) is 4.72. The maximum absolute atomic E-state index is 12.5. The lowest BCUT2D eigenvalue weighted by Gasteiger charge is -2.19. The molecule has 1 N–H and O–H groups in total. The molecular formula is C25H27NO5. The standard InChI is InChI=1S/C25H27NO5/c1-16-13-21(24(29)31-25(3,4)5)17(2)26(16)19-11-12-20(22(27)14-19)23(28)30-15-18-9-7-6-8-10-18/h6-14,27H,15H2,1-5H3. The van der Waals surface area contributed by atoms with Gasteiger partial charge in [-0.15, -0.1) is 0 Å². The number of aryl methyl sites for hydroxylation is 1. The van der Waals surface area contributed by atoms with Crippen LogP contribution in [0, 0.1) is 13.8 Å². The molecule has 0 fully saturated rings. The smallest absolute Gasteiger partial charge is 0.342 e. The Labute approximate surface area is 182 Å². The Bertz CT molecular complexity index is 1110. The number of carbonyl (C=O) groups is 2. The van der Waals surface area contributed by atoms with Crippen LogP contribution in [0.3, 0.4) is 0 Å². The van der Waals surface area contributed by atoms with Crippen LogP contribution in [0.25, 0.3) is 5.69 Å². The van der Waals surface area contributed by atoms with Gasteiger partial charge in [0.1, 0.15) is 23.5 Å². The van der Waals surface area contributed by atoms with E-state index in [9.17, 15) is 14.7 Å². The highest BCUT2D eigenvalue weighted by Crippen LogP contribution is 2.27. The molecule has 0 amide bonds. The minimum atomic E-state index is -0.608. The highest BCUT2D eigenvalue weighted by atomic mass is 16.6. The molecular weight excluding hydrogens is 394 g/mol. The van der Waals surface area contributed by atoms with E-state index in [2.05, 4.69) is 0 Å². The summed E-state index contributed by atoms with van der Waals surface area (Å²) in [6.45, 7) is 9.24. The molecule has 3 rings (SSSR count). The second-order valence-corrected chi connectivity index (χ2v) is 8.39.